The van der Waals surface area contributed by atoms with E-state index in [1.807, 2.05) is 22.6 Å². The Hall–Kier alpha value is -1.90. The molecule has 0 spiro atoms. The van der Waals surface area contributed by atoms with Gasteiger partial charge < -0.3 is 15.8 Å². The molecule has 3 N–H and O–H groups in total. The van der Waals surface area contributed by atoms with Crippen LogP contribution in [0.5, 0.6) is 5.75 Å². The van der Waals surface area contributed by atoms with Gasteiger partial charge in [0.05, 0.1) is 17.4 Å². The van der Waals surface area contributed by atoms with Crippen molar-refractivity contribution in [1.29, 1.82) is 0 Å². The van der Waals surface area contributed by atoms with E-state index in [-0.39, 0.29) is 18.0 Å². The molecule has 0 aliphatic rings. The molecule has 21 heavy (non-hydrogen) atoms. The van der Waals surface area contributed by atoms with Crippen molar-refractivity contribution in [3.63, 3.8) is 0 Å². The summed E-state index contributed by atoms with van der Waals surface area (Å²) < 4.78 is 19.9. The molecular weight excluding hydrogens is 388 g/mol. The Balaban J connectivity index is 1.89. The summed E-state index contributed by atoms with van der Waals surface area (Å²) in [6.07, 6.45) is 2.89. The predicted octanol–water partition coefficient (Wildman–Crippen LogP) is 2.42. The summed E-state index contributed by atoms with van der Waals surface area (Å²) in [5.74, 6) is -0.583. The molecule has 2 rings (SSSR count). The highest BCUT2D eigenvalue weighted by atomic mass is 127. The van der Waals surface area contributed by atoms with E-state index in [1.165, 1.54) is 24.5 Å². The van der Waals surface area contributed by atoms with Crippen LogP contribution in [0.3, 0.4) is 0 Å². The van der Waals surface area contributed by atoms with Gasteiger partial charge in [0, 0.05) is 16.3 Å². The van der Waals surface area contributed by atoms with Crippen LogP contribution in [-0.2, 0) is 0 Å². The molecule has 0 fully saturated rings. The van der Waals surface area contributed by atoms with Crippen molar-refractivity contribution >= 4 is 34.2 Å². The van der Waals surface area contributed by atoms with Crippen LogP contribution in [0.2, 0.25) is 0 Å². The van der Waals surface area contributed by atoms with Crippen LogP contribution in [0.15, 0.2) is 36.7 Å². The van der Waals surface area contributed by atoms with Crippen LogP contribution >= 0.6 is 22.6 Å². The van der Waals surface area contributed by atoms with Gasteiger partial charge in [0.1, 0.15) is 18.2 Å². The lowest BCUT2D eigenvalue weighted by atomic mass is 10.2. The Labute approximate surface area is 134 Å². The lowest BCUT2D eigenvalue weighted by molar-refractivity contribution is 0.0996. The van der Waals surface area contributed by atoms with Gasteiger partial charge in [0.2, 0.25) is 0 Å². The maximum Gasteiger partial charge on any atom is 0.252 e. The summed E-state index contributed by atoms with van der Waals surface area (Å²) in [6.45, 7) is 0.627. The van der Waals surface area contributed by atoms with Crippen molar-refractivity contribution in [2.24, 2.45) is 5.73 Å². The van der Waals surface area contributed by atoms with Crippen molar-refractivity contribution < 1.29 is 13.9 Å². The standard InChI is InChI=1S/C14H13FIN3O2/c15-11-7-9(16)1-2-12(11)19-5-6-21-13-8-18-4-3-10(13)14(17)20/h1-4,7-8,19H,5-6H2,(H2,17,20). The van der Waals surface area contributed by atoms with Crippen molar-refractivity contribution in [1.82, 2.24) is 4.98 Å². The predicted molar refractivity (Wildman–Crippen MR) is 85.9 cm³/mol. The van der Waals surface area contributed by atoms with Gasteiger partial charge in [-0.1, -0.05) is 0 Å². The normalized spacial score (nSPS) is 10.2. The van der Waals surface area contributed by atoms with E-state index in [1.54, 1.807) is 12.1 Å². The Morgan fingerprint density at radius 1 is 1.43 bits per heavy atom. The van der Waals surface area contributed by atoms with Gasteiger partial charge >= 0.3 is 0 Å². The summed E-state index contributed by atoms with van der Waals surface area (Å²) in [4.78, 5) is 15.1. The topological polar surface area (TPSA) is 77.2 Å². The average Bonchev–Trinajstić information content (AvgIpc) is 2.45. The van der Waals surface area contributed by atoms with E-state index < -0.39 is 5.91 Å². The number of amides is 1. The highest BCUT2D eigenvalue weighted by Crippen LogP contribution is 2.17. The second kappa shape index (κ2) is 7.21. The van der Waals surface area contributed by atoms with E-state index in [9.17, 15) is 9.18 Å². The maximum atomic E-state index is 13.6. The maximum absolute atomic E-state index is 13.6. The Kier molecular flexibility index (Phi) is 5.32. The van der Waals surface area contributed by atoms with Gasteiger partial charge in [-0.25, -0.2) is 4.39 Å². The molecule has 1 aromatic heterocycles. The van der Waals surface area contributed by atoms with E-state index in [4.69, 9.17) is 10.5 Å². The fraction of sp³-hybridized carbons (Fsp3) is 0.143. The number of nitrogens with zero attached hydrogens (tertiary/aromatic N) is 1. The number of hydrogen-bond donors (Lipinski definition) is 2. The number of carbonyl (C=O) groups is 1. The molecule has 0 aliphatic heterocycles. The van der Waals surface area contributed by atoms with Crippen LogP contribution < -0.4 is 15.8 Å². The summed E-state index contributed by atoms with van der Waals surface area (Å²) in [6, 6.07) is 6.40. The highest BCUT2D eigenvalue weighted by molar-refractivity contribution is 14.1. The Morgan fingerprint density at radius 2 is 2.24 bits per heavy atom. The first kappa shape index (κ1) is 15.5. The molecule has 1 heterocycles. The molecule has 0 saturated carbocycles. The first-order valence-electron chi connectivity index (χ1n) is 6.13. The SMILES string of the molecule is NC(=O)c1ccncc1OCCNc1ccc(I)cc1F. The molecule has 0 aliphatic carbocycles. The van der Waals surface area contributed by atoms with E-state index >= 15 is 0 Å². The summed E-state index contributed by atoms with van der Waals surface area (Å²) in [5.41, 5.74) is 5.90. The van der Waals surface area contributed by atoms with Crippen LogP contribution in [-0.4, -0.2) is 24.0 Å². The quantitative estimate of drug-likeness (QED) is 0.576. The minimum atomic E-state index is -0.580. The fourth-order valence-electron chi connectivity index (χ4n) is 1.68. The molecule has 0 radical (unpaired) electrons. The molecule has 2 aromatic rings. The van der Waals surface area contributed by atoms with Gasteiger partial charge in [-0.2, -0.15) is 0 Å². The summed E-state index contributed by atoms with van der Waals surface area (Å²) >= 11 is 2.04. The smallest absolute Gasteiger partial charge is 0.252 e. The second-order valence-electron chi connectivity index (χ2n) is 4.14. The first-order valence-corrected chi connectivity index (χ1v) is 7.21. The largest absolute Gasteiger partial charge is 0.489 e. The summed E-state index contributed by atoms with van der Waals surface area (Å²) in [5, 5.41) is 2.92. The number of aromatic nitrogens is 1. The van der Waals surface area contributed by atoms with Crippen molar-refractivity contribution in [3.8, 4) is 5.75 Å². The van der Waals surface area contributed by atoms with Crippen LogP contribution in [0.25, 0.3) is 0 Å². The fourth-order valence-corrected chi connectivity index (χ4v) is 2.13. The molecule has 0 saturated heterocycles. The number of nitrogens with two attached hydrogens (primary N) is 1. The van der Waals surface area contributed by atoms with Crippen LogP contribution in [0.1, 0.15) is 10.4 Å². The second-order valence-corrected chi connectivity index (χ2v) is 5.38. The number of benzene rings is 1. The molecule has 1 aromatic carbocycles. The number of halogens is 2. The number of hydrogen-bond acceptors (Lipinski definition) is 4. The monoisotopic (exact) mass is 401 g/mol. The molecule has 7 heteroatoms. The lowest BCUT2D eigenvalue weighted by Crippen LogP contribution is -2.16. The zero-order chi connectivity index (χ0) is 15.2. The molecule has 110 valence electrons. The number of nitrogens with one attached hydrogen (secondary N) is 1. The third-order valence-corrected chi connectivity index (χ3v) is 3.33. The van der Waals surface area contributed by atoms with Gasteiger partial charge in [0.15, 0.2) is 0 Å². The Bertz CT molecular complexity index is 652. The number of rotatable bonds is 6. The van der Waals surface area contributed by atoms with Crippen LogP contribution in [0.4, 0.5) is 10.1 Å². The van der Waals surface area contributed by atoms with Gasteiger partial charge in [-0.15, -0.1) is 0 Å². The first-order chi connectivity index (χ1) is 10.1. The minimum absolute atomic E-state index is 0.247. The van der Waals surface area contributed by atoms with Crippen LogP contribution in [0, 0.1) is 9.39 Å². The third kappa shape index (κ3) is 4.28. The highest BCUT2D eigenvalue weighted by Gasteiger charge is 2.08. The van der Waals surface area contributed by atoms with Gasteiger partial charge in [0.25, 0.3) is 5.91 Å². The molecular formula is C14H13FIN3O2. The molecule has 1 amide bonds. The molecule has 0 atom stereocenters. The number of primary amides is 1. The number of carbonyl (C=O) groups excluding carboxylic acids is 1. The van der Waals surface area contributed by atoms with E-state index in [0.717, 1.165) is 3.57 Å². The van der Waals surface area contributed by atoms with Crippen molar-refractivity contribution in [2.75, 3.05) is 18.5 Å². The number of pyridine rings is 1. The number of ether oxygens (including phenoxy) is 1. The van der Waals surface area contributed by atoms with Crippen molar-refractivity contribution in [2.45, 2.75) is 0 Å². The summed E-state index contributed by atoms with van der Waals surface area (Å²) in [7, 11) is 0. The molecule has 0 unspecified atom stereocenters. The van der Waals surface area contributed by atoms with E-state index in [2.05, 4.69) is 10.3 Å². The van der Waals surface area contributed by atoms with Gasteiger partial charge in [-0.3, -0.25) is 9.78 Å². The zero-order valence-electron chi connectivity index (χ0n) is 11.0. The third-order valence-electron chi connectivity index (χ3n) is 2.66. The zero-order valence-corrected chi connectivity index (χ0v) is 13.1. The molecule has 0 bridgehead atoms. The number of anilines is 1. The Morgan fingerprint density at radius 3 is 2.95 bits per heavy atom. The van der Waals surface area contributed by atoms with E-state index in [0.29, 0.717) is 18.0 Å². The van der Waals surface area contributed by atoms with Crippen molar-refractivity contribution in [3.05, 3.63) is 51.6 Å². The lowest BCUT2D eigenvalue weighted by Gasteiger charge is -2.11. The average molecular weight is 401 g/mol. The van der Waals surface area contributed by atoms with Gasteiger partial charge in [-0.05, 0) is 46.9 Å². The minimum Gasteiger partial charge on any atom is -0.489 e. The molecule has 5 nitrogen and oxygen atoms in total.